The minimum absolute atomic E-state index is 0.122. The van der Waals surface area contributed by atoms with Gasteiger partial charge >= 0.3 is 0 Å². The molecule has 1 atom stereocenters. The first-order chi connectivity index (χ1) is 8.02. The van der Waals surface area contributed by atoms with E-state index < -0.39 is 10.2 Å². The van der Waals surface area contributed by atoms with Gasteiger partial charge in [0.1, 0.15) is 0 Å². The molecule has 0 aromatic carbocycles. The average molecular weight is 264 g/mol. The van der Waals surface area contributed by atoms with Gasteiger partial charge in [0, 0.05) is 26.2 Å². The molecule has 1 rings (SSSR count). The summed E-state index contributed by atoms with van der Waals surface area (Å²) in [6.07, 6.45) is 2.79. The average Bonchev–Trinajstić information content (AvgIpc) is 2.29. The number of nitrogens with zero attached hydrogens (tertiary/aromatic N) is 2. The van der Waals surface area contributed by atoms with E-state index in [0.29, 0.717) is 25.6 Å². The van der Waals surface area contributed by atoms with Crippen molar-refractivity contribution >= 4 is 10.2 Å². The first-order valence-corrected chi connectivity index (χ1v) is 7.78. The summed E-state index contributed by atoms with van der Waals surface area (Å²) >= 11 is 0. The third kappa shape index (κ3) is 3.91. The van der Waals surface area contributed by atoms with Gasteiger partial charge in [-0.05, 0) is 25.2 Å². The first-order valence-electron chi connectivity index (χ1n) is 6.38. The summed E-state index contributed by atoms with van der Waals surface area (Å²) < 4.78 is 27.7. The van der Waals surface area contributed by atoms with Crippen LogP contribution in [0.15, 0.2) is 0 Å². The molecule has 1 unspecified atom stereocenters. The van der Waals surface area contributed by atoms with Crippen molar-refractivity contribution in [2.24, 2.45) is 5.92 Å². The van der Waals surface area contributed by atoms with Gasteiger partial charge in [0.05, 0.1) is 6.61 Å². The Morgan fingerprint density at radius 1 is 1.41 bits per heavy atom. The van der Waals surface area contributed by atoms with Gasteiger partial charge in [0.15, 0.2) is 0 Å². The molecule has 0 saturated carbocycles. The van der Waals surface area contributed by atoms with Crippen LogP contribution < -0.4 is 0 Å². The highest BCUT2D eigenvalue weighted by atomic mass is 32.2. The van der Waals surface area contributed by atoms with E-state index in [1.807, 2.05) is 6.92 Å². The summed E-state index contributed by atoms with van der Waals surface area (Å²) in [4.78, 5) is 0. The lowest BCUT2D eigenvalue weighted by atomic mass is 10.0. The summed E-state index contributed by atoms with van der Waals surface area (Å²) in [6.45, 7) is 5.79. The highest BCUT2D eigenvalue weighted by Crippen LogP contribution is 2.20. The number of hydrogen-bond acceptors (Lipinski definition) is 3. The van der Waals surface area contributed by atoms with Gasteiger partial charge in [-0.3, -0.25) is 0 Å². The molecule has 1 aliphatic rings. The maximum absolute atomic E-state index is 12.4. The molecule has 6 heteroatoms. The molecule has 0 aliphatic carbocycles. The van der Waals surface area contributed by atoms with Crippen LogP contribution in [-0.2, 0) is 10.2 Å². The Hall–Kier alpha value is -0.170. The van der Waals surface area contributed by atoms with Crippen LogP contribution in [0, 0.1) is 5.92 Å². The molecule has 0 bridgehead atoms. The van der Waals surface area contributed by atoms with Crippen molar-refractivity contribution in [2.75, 3.05) is 32.8 Å². The smallest absolute Gasteiger partial charge is 0.282 e. The molecule has 1 saturated heterocycles. The van der Waals surface area contributed by atoms with Gasteiger partial charge in [0.25, 0.3) is 10.2 Å². The van der Waals surface area contributed by atoms with Gasteiger partial charge in [-0.1, -0.05) is 13.8 Å². The molecule has 1 aliphatic heterocycles. The Kier molecular flexibility index (Phi) is 5.85. The van der Waals surface area contributed by atoms with Crippen LogP contribution in [0.5, 0.6) is 0 Å². The van der Waals surface area contributed by atoms with Crippen LogP contribution in [0.2, 0.25) is 0 Å². The standard InChI is InChI=1S/C11H24N2O3S/c1-3-6-12(8-9-14)17(15,16)13-7-4-5-11(2)10-13/h11,14H,3-10H2,1-2H3. The molecule has 0 aromatic heterocycles. The lowest BCUT2D eigenvalue weighted by Crippen LogP contribution is -2.48. The van der Waals surface area contributed by atoms with Crippen molar-refractivity contribution in [1.29, 1.82) is 0 Å². The summed E-state index contributed by atoms with van der Waals surface area (Å²) in [6, 6.07) is 0. The molecule has 0 radical (unpaired) electrons. The van der Waals surface area contributed by atoms with Crippen molar-refractivity contribution in [3.8, 4) is 0 Å². The molecule has 102 valence electrons. The van der Waals surface area contributed by atoms with Gasteiger partial charge in [0.2, 0.25) is 0 Å². The minimum atomic E-state index is -3.37. The fourth-order valence-electron chi connectivity index (χ4n) is 2.22. The van der Waals surface area contributed by atoms with E-state index in [-0.39, 0.29) is 13.2 Å². The van der Waals surface area contributed by atoms with E-state index in [1.165, 1.54) is 4.31 Å². The zero-order valence-electron chi connectivity index (χ0n) is 10.8. The topological polar surface area (TPSA) is 60.9 Å². The van der Waals surface area contributed by atoms with Crippen molar-refractivity contribution in [1.82, 2.24) is 8.61 Å². The molecule has 1 fully saturated rings. The highest BCUT2D eigenvalue weighted by Gasteiger charge is 2.31. The second-order valence-electron chi connectivity index (χ2n) is 4.74. The maximum atomic E-state index is 12.4. The van der Waals surface area contributed by atoms with Crippen molar-refractivity contribution in [2.45, 2.75) is 33.1 Å². The highest BCUT2D eigenvalue weighted by molar-refractivity contribution is 7.86. The van der Waals surface area contributed by atoms with Gasteiger partial charge in [-0.25, -0.2) is 0 Å². The number of hydrogen-bond donors (Lipinski definition) is 1. The predicted octanol–water partition coefficient (Wildman–Crippen LogP) is 0.667. The molecule has 1 heterocycles. The summed E-state index contributed by atoms with van der Waals surface area (Å²) in [7, 11) is -3.37. The molecular formula is C11H24N2O3S. The van der Waals surface area contributed by atoms with Crippen LogP contribution in [0.25, 0.3) is 0 Å². The second kappa shape index (κ2) is 6.68. The van der Waals surface area contributed by atoms with E-state index in [1.54, 1.807) is 4.31 Å². The summed E-state index contributed by atoms with van der Waals surface area (Å²) in [5.74, 6) is 0.427. The zero-order chi connectivity index (χ0) is 12.9. The molecule has 1 N–H and O–H groups in total. The van der Waals surface area contributed by atoms with Crippen LogP contribution in [0.1, 0.15) is 33.1 Å². The molecule has 17 heavy (non-hydrogen) atoms. The Labute approximate surface area is 105 Å². The lowest BCUT2D eigenvalue weighted by molar-refractivity contribution is 0.227. The SMILES string of the molecule is CCCN(CCO)S(=O)(=O)N1CCCC(C)C1. The molecule has 0 aromatic rings. The molecule has 0 spiro atoms. The number of piperidine rings is 1. The Morgan fingerprint density at radius 3 is 2.65 bits per heavy atom. The minimum Gasteiger partial charge on any atom is -0.395 e. The third-order valence-electron chi connectivity index (χ3n) is 3.09. The molecule has 0 amide bonds. The van der Waals surface area contributed by atoms with E-state index in [4.69, 9.17) is 5.11 Å². The number of rotatable bonds is 6. The van der Waals surface area contributed by atoms with Crippen molar-refractivity contribution < 1.29 is 13.5 Å². The second-order valence-corrected chi connectivity index (χ2v) is 6.66. The van der Waals surface area contributed by atoms with E-state index in [0.717, 1.165) is 19.3 Å². The summed E-state index contributed by atoms with van der Waals surface area (Å²) in [5, 5.41) is 8.95. The number of aliphatic hydroxyl groups excluding tert-OH is 1. The third-order valence-corrected chi connectivity index (χ3v) is 5.10. The Balaban J connectivity index is 2.75. The first kappa shape index (κ1) is 14.9. The fourth-order valence-corrected chi connectivity index (χ4v) is 4.08. The summed E-state index contributed by atoms with van der Waals surface area (Å²) in [5.41, 5.74) is 0. The normalized spacial score (nSPS) is 23.2. The Bertz CT molecular complexity index is 302. The largest absolute Gasteiger partial charge is 0.395 e. The fraction of sp³-hybridized carbons (Fsp3) is 1.00. The van der Waals surface area contributed by atoms with Crippen LogP contribution >= 0.6 is 0 Å². The van der Waals surface area contributed by atoms with Gasteiger partial charge < -0.3 is 5.11 Å². The number of aliphatic hydroxyl groups is 1. The van der Waals surface area contributed by atoms with E-state index >= 15 is 0 Å². The zero-order valence-corrected chi connectivity index (χ0v) is 11.6. The molecular weight excluding hydrogens is 240 g/mol. The quantitative estimate of drug-likeness (QED) is 0.767. The van der Waals surface area contributed by atoms with Crippen molar-refractivity contribution in [3.63, 3.8) is 0 Å². The lowest BCUT2D eigenvalue weighted by Gasteiger charge is -2.34. The van der Waals surface area contributed by atoms with E-state index in [2.05, 4.69) is 6.92 Å². The van der Waals surface area contributed by atoms with Crippen LogP contribution in [-0.4, -0.2) is 54.9 Å². The maximum Gasteiger partial charge on any atom is 0.282 e. The van der Waals surface area contributed by atoms with Crippen molar-refractivity contribution in [3.05, 3.63) is 0 Å². The van der Waals surface area contributed by atoms with Gasteiger partial charge in [-0.2, -0.15) is 17.0 Å². The van der Waals surface area contributed by atoms with Gasteiger partial charge in [-0.15, -0.1) is 0 Å². The molecule has 5 nitrogen and oxygen atoms in total. The Morgan fingerprint density at radius 2 is 2.12 bits per heavy atom. The van der Waals surface area contributed by atoms with Crippen LogP contribution in [0.4, 0.5) is 0 Å². The van der Waals surface area contributed by atoms with Crippen LogP contribution in [0.3, 0.4) is 0 Å². The van der Waals surface area contributed by atoms with E-state index in [9.17, 15) is 8.42 Å². The monoisotopic (exact) mass is 264 g/mol. The predicted molar refractivity (Wildman–Crippen MR) is 67.8 cm³/mol.